The van der Waals surface area contributed by atoms with Gasteiger partial charge < -0.3 is 10.1 Å². The van der Waals surface area contributed by atoms with Crippen molar-refractivity contribution in [1.29, 1.82) is 0 Å². The first-order chi connectivity index (χ1) is 12.9. The van der Waals surface area contributed by atoms with Gasteiger partial charge in [-0.25, -0.2) is 0 Å². The van der Waals surface area contributed by atoms with Crippen LogP contribution in [0.3, 0.4) is 0 Å². The fraction of sp³-hybridized carbons (Fsp3) is 0.750. The molecule has 24 heavy (non-hydrogen) atoms. The third-order valence-corrected chi connectivity index (χ3v) is 7.93. The highest BCUT2D eigenvalue weighted by molar-refractivity contribution is 8.03. The molecule has 0 amide bonds. The molecule has 0 saturated carbocycles. The zero-order chi connectivity index (χ0) is 18.8. The van der Waals surface area contributed by atoms with Gasteiger partial charge in [0.05, 0.1) is 0 Å². The fourth-order valence-corrected chi connectivity index (χ4v) is 6.56. The maximum atomic E-state index is 7.68. The van der Waals surface area contributed by atoms with Crippen LogP contribution in [0.4, 0.5) is 0 Å². The van der Waals surface area contributed by atoms with Gasteiger partial charge in [0, 0.05) is 39.5 Å². The summed E-state index contributed by atoms with van der Waals surface area (Å²) in [6.07, 6.45) is 8.13. The number of aliphatic imine (C=N–C) groups is 1. The summed E-state index contributed by atoms with van der Waals surface area (Å²) in [6, 6.07) is 0.856. The quantitative estimate of drug-likeness (QED) is 0.769. The third-order valence-electron chi connectivity index (χ3n) is 6.49. The van der Waals surface area contributed by atoms with Crippen LogP contribution in [0.5, 0.6) is 0 Å². The first kappa shape index (κ1) is 12.6. The maximum Gasteiger partial charge on any atom is 0.192 e. The van der Waals surface area contributed by atoms with E-state index in [9.17, 15) is 0 Å². The molecule has 0 aromatic rings. The smallest absolute Gasteiger partial charge is 0.192 e. The van der Waals surface area contributed by atoms with E-state index in [4.69, 9.17) is 8.85 Å². The van der Waals surface area contributed by atoms with E-state index in [1.165, 1.54) is 22.7 Å². The third kappa shape index (κ3) is 2.40. The number of thioether (sulfide) groups is 1. The highest BCUT2D eigenvalue weighted by Gasteiger charge is 2.46. The molecule has 5 rings (SSSR count). The Morgan fingerprint density at radius 1 is 1.38 bits per heavy atom. The summed E-state index contributed by atoms with van der Waals surface area (Å²) in [6.45, 7) is 0.253. The SMILES string of the molecule is [2H]C([2H])([2H])C1=NC2OC3=C([C@H]4CC=C5SC[C@@H](C)C5N4)CCC[C@H]3C2CC1. The standard InChI is InChI=1S/C20H28N2OS/c1-11-10-24-17-9-8-16(22-18(11)17)15-5-3-4-13-14-7-6-12(2)21-20(14)23-19(13)15/h9,11,13-14,16,18,20,22H,3-8,10H2,1-2H3/t11-,13+,14?,16-,18?,20?/m1/s1/i2D3. The van der Waals surface area contributed by atoms with Gasteiger partial charge in [0.1, 0.15) is 5.76 Å². The maximum absolute atomic E-state index is 7.68. The van der Waals surface area contributed by atoms with Gasteiger partial charge in [0.25, 0.3) is 0 Å². The van der Waals surface area contributed by atoms with Crippen molar-refractivity contribution in [3.63, 3.8) is 0 Å². The van der Waals surface area contributed by atoms with Crippen molar-refractivity contribution in [3.05, 3.63) is 22.3 Å². The van der Waals surface area contributed by atoms with E-state index >= 15 is 0 Å². The molecule has 1 N–H and O–H groups in total. The zero-order valence-corrected chi connectivity index (χ0v) is 15.1. The van der Waals surface area contributed by atoms with E-state index in [-0.39, 0.29) is 6.23 Å². The van der Waals surface area contributed by atoms with Gasteiger partial charge in [0.2, 0.25) is 0 Å². The van der Waals surface area contributed by atoms with Gasteiger partial charge in [-0.3, -0.25) is 4.99 Å². The highest BCUT2D eigenvalue weighted by atomic mass is 32.2. The van der Waals surface area contributed by atoms with Gasteiger partial charge >= 0.3 is 0 Å². The van der Waals surface area contributed by atoms with Crippen molar-refractivity contribution >= 4 is 17.5 Å². The van der Waals surface area contributed by atoms with Crippen LogP contribution in [0, 0.1) is 17.8 Å². The summed E-state index contributed by atoms with van der Waals surface area (Å²) >= 11 is 2.00. The second kappa shape index (κ2) is 5.91. The van der Waals surface area contributed by atoms with Gasteiger partial charge in [-0.1, -0.05) is 13.0 Å². The lowest BCUT2D eigenvalue weighted by molar-refractivity contribution is 0.127. The first-order valence-electron chi connectivity index (χ1n) is 11.0. The van der Waals surface area contributed by atoms with Crippen molar-refractivity contribution in [2.45, 2.75) is 70.6 Å². The lowest BCUT2D eigenvalue weighted by Crippen LogP contribution is -2.45. The lowest BCUT2D eigenvalue weighted by Gasteiger charge is -2.34. The lowest BCUT2D eigenvalue weighted by atomic mass is 9.76. The van der Waals surface area contributed by atoms with Crippen LogP contribution < -0.4 is 5.32 Å². The number of nitrogens with zero attached hydrogens (tertiary/aromatic N) is 1. The van der Waals surface area contributed by atoms with E-state index in [0.29, 0.717) is 42.0 Å². The van der Waals surface area contributed by atoms with Crippen molar-refractivity contribution in [1.82, 2.24) is 5.32 Å². The molecule has 0 radical (unpaired) electrons. The Hall–Kier alpha value is -0.740. The van der Waals surface area contributed by atoms with Crippen molar-refractivity contribution in [3.8, 4) is 0 Å². The van der Waals surface area contributed by atoms with Crippen LogP contribution in [-0.4, -0.2) is 29.8 Å². The molecule has 4 heterocycles. The summed E-state index contributed by atoms with van der Waals surface area (Å²) in [7, 11) is 0. The predicted molar refractivity (Wildman–Crippen MR) is 100 cm³/mol. The number of ether oxygens (including phenoxy) is 1. The zero-order valence-electron chi connectivity index (χ0n) is 17.3. The molecule has 4 aliphatic heterocycles. The molecule has 6 atom stereocenters. The number of allylic oxidation sites excluding steroid dienone is 1. The van der Waals surface area contributed by atoms with E-state index in [1.807, 2.05) is 11.8 Å². The Morgan fingerprint density at radius 2 is 2.33 bits per heavy atom. The summed E-state index contributed by atoms with van der Waals surface area (Å²) in [5.74, 6) is 3.82. The Morgan fingerprint density at radius 3 is 3.25 bits per heavy atom. The molecular formula is C20H28N2OS. The molecular weight excluding hydrogens is 316 g/mol. The molecule has 4 heteroatoms. The van der Waals surface area contributed by atoms with Crippen LogP contribution >= 0.6 is 11.8 Å². The van der Waals surface area contributed by atoms with Crippen molar-refractivity contribution < 1.29 is 8.85 Å². The highest BCUT2D eigenvalue weighted by Crippen LogP contribution is 2.49. The molecule has 0 spiro atoms. The molecule has 3 nitrogen and oxygen atoms in total. The topological polar surface area (TPSA) is 33.6 Å². The van der Waals surface area contributed by atoms with Crippen LogP contribution in [0.1, 0.15) is 56.4 Å². The monoisotopic (exact) mass is 347 g/mol. The largest absolute Gasteiger partial charge is 0.472 e. The van der Waals surface area contributed by atoms with E-state index in [1.54, 1.807) is 0 Å². The Kier molecular flexibility index (Phi) is 3.10. The van der Waals surface area contributed by atoms with E-state index in [2.05, 4.69) is 23.3 Å². The normalized spacial score (nSPS) is 46.6. The molecule has 0 aromatic heterocycles. The predicted octanol–water partition coefficient (Wildman–Crippen LogP) is 4.27. The van der Waals surface area contributed by atoms with Gasteiger partial charge in [-0.2, -0.15) is 0 Å². The molecule has 0 aromatic carbocycles. The molecule has 2 fully saturated rings. The number of rotatable bonds is 1. The van der Waals surface area contributed by atoms with Crippen LogP contribution in [0.2, 0.25) is 0 Å². The number of hydrogen-bond donors (Lipinski definition) is 1. The summed E-state index contributed by atoms with van der Waals surface area (Å²) in [4.78, 5) is 6.06. The molecule has 3 unspecified atom stereocenters. The van der Waals surface area contributed by atoms with E-state index < -0.39 is 6.85 Å². The van der Waals surface area contributed by atoms with Gasteiger partial charge in [-0.05, 0) is 61.8 Å². The van der Waals surface area contributed by atoms with Gasteiger partial charge in [0.15, 0.2) is 6.23 Å². The molecule has 5 aliphatic rings. The van der Waals surface area contributed by atoms with E-state index in [0.717, 1.165) is 31.4 Å². The van der Waals surface area contributed by atoms with Crippen molar-refractivity contribution in [2.24, 2.45) is 22.7 Å². The Balaban J connectivity index is 1.42. The molecule has 0 bridgehead atoms. The fourth-order valence-electron chi connectivity index (χ4n) is 5.21. The second-order valence-corrected chi connectivity index (χ2v) is 9.10. The number of fused-ring (bicyclic) bond motifs is 4. The van der Waals surface area contributed by atoms with Crippen LogP contribution in [-0.2, 0) is 4.74 Å². The Labute approximate surface area is 153 Å². The van der Waals surface area contributed by atoms with Gasteiger partial charge in [-0.15, -0.1) is 11.8 Å². The van der Waals surface area contributed by atoms with Crippen molar-refractivity contribution in [2.75, 3.05) is 5.75 Å². The summed E-state index contributed by atoms with van der Waals surface area (Å²) in [5, 5.41) is 3.91. The minimum atomic E-state index is -2.08. The second-order valence-electron chi connectivity index (χ2n) is 8.00. The van der Waals surface area contributed by atoms with Crippen LogP contribution in [0.15, 0.2) is 27.3 Å². The minimum absolute atomic E-state index is 0.280. The molecule has 130 valence electrons. The minimum Gasteiger partial charge on any atom is -0.472 e. The average Bonchev–Trinajstić information content (AvgIpc) is 3.20. The Bertz CT molecular complexity index is 729. The van der Waals surface area contributed by atoms with Crippen LogP contribution in [0.25, 0.3) is 0 Å². The summed E-state index contributed by atoms with van der Waals surface area (Å²) in [5.41, 5.74) is 1.79. The molecule has 1 aliphatic carbocycles. The molecule has 2 saturated heterocycles. The first-order valence-corrected chi connectivity index (χ1v) is 10.5. The number of hydrogen-bond acceptors (Lipinski definition) is 4. The average molecular weight is 348 g/mol. The number of nitrogens with one attached hydrogen (secondary N) is 1. The summed E-state index contributed by atoms with van der Waals surface area (Å²) < 4.78 is 29.4.